The second-order valence-electron chi connectivity index (χ2n) is 35.9. The van der Waals surface area contributed by atoms with Crippen molar-refractivity contribution in [3.8, 4) is 5.75 Å². The van der Waals surface area contributed by atoms with Crippen LogP contribution < -0.4 is 4.74 Å². The van der Waals surface area contributed by atoms with Crippen LogP contribution in [-0.4, -0.2) is 139 Å². The van der Waals surface area contributed by atoms with Crippen LogP contribution in [0.5, 0.6) is 5.75 Å². The average Bonchev–Trinajstić information content (AvgIpc) is 0.738. The van der Waals surface area contributed by atoms with E-state index in [9.17, 15) is 64.9 Å². The number of piperidine rings is 6. The molecule has 18 rings (SSSR count). The Kier molecular flexibility index (Phi) is 29.1. The van der Waals surface area contributed by atoms with Gasteiger partial charge in [0, 0.05) is 85.4 Å². The number of methoxy groups -OCH3 is 1. The van der Waals surface area contributed by atoms with Crippen molar-refractivity contribution >= 4 is 89.1 Å². The van der Waals surface area contributed by atoms with Gasteiger partial charge in [-0.25, -0.2) is 54.9 Å². The molecule has 0 aliphatic carbocycles. The van der Waals surface area contributed by atoms with E-state index in [-0.39, 0.29) is 110 Å². The summed E-state index contributed by atoms with van der Waals surface area (Å²) in [5.74, 6) is -3.18. The van der Waals surface area contributed by atoms with E-state index in [1.807, 2.05) is 103 Å². The molecule has 6 aliphatic heterocycles. The largest absolute Gasteiger partial charge is 0.497 e. The topological polar surface area (TPSA) is 285 Å². The smallest absolute Gasteiger partial charge is 0.243 e. The molecule has 6 heterocycles. The number of rotatable bonds is 21. The van der Waals surface area contributed by atoms with Crippen molar-refractivity contribution in [3.63, 3.8) is 0 Å². The van der Waals surface area contributed by atoms with Crippen LogP contribution >= 0.6 is 11.6 Å². The summed E-state index contributed by atoms with van der Waals surface area (Å²) < 4.78 is 202. The molecule has 6 fully saturated rings. The van der Waals surface area contributed by atoms with E-state index in [1.165, 1.54) is 56.2 Å². The van der Waals surface area contributed by atoms with Gasteiger partial charge in [0.1, 0.15) is 28.9 Å². The molecule has 708 valence electrons. The standard InChI is InChI=1S/C36H37ClN2O5S2.C36H38N2O6S2.C34H33FN2O5S2/c1-4-26-9-11-27(12-10-26)33-21-35-32(23-38(33)45(41,42)30-17-5-24(2)6-18-30)36(40)22-34(28-13-15-29(37)16-14-28)39(35)46(43,44)31-19-7-25(3)8-20-31;1-4-26-12-14-27(15-13-26)33-22-35-32(24-37(33)45(40,41)31-20-10-25(2)11-21-31)36(39)23-34(28-16-18-29(44-3)19-17-28)38(35)46(42,43)30-8-6-5-7-9-30;1-23-12-16-26(17-13-23)43(39,40)36-22-29-33(20-32(36)28-10-6-7-11-30(28)35)37(44(41,42)27-18-14-24(2)15-19-27)31(21-34(29)38)25-8-4-3-5-9-25/h5-20,32-35H,4,21-23H2,1-3H3;5-21,32-35H,4,22-24H2,1-3H3;3-19,29,31-33H,20-22H2,1-2H3/t2*32-,33+,34+,35+;29-,31+,32+,33+/m111/s1. The van der Waals surface area contributed by atoms with Crippen LogP contribution in [0.2, 0.25) is 5.02 Å². The van der Waals surface area contributed by atoms with E-state index in [0.717, 1.165) is 62.9 Å². The number of fused-ring (bicyclic) bond motifs is 3. The van der Waals surface area contributed by atoms with E-state index in [2.05, 4.69) is 0 Å². The van der Waals surface area contributed by atoms with E-state index >= 15 is 4.39 Å². The Bertz CT molecular complexity index is 7120. The number of hydrogen-bond acceptors (Lipinski definition) is 16. The van der Waals surface area contributed by atoms with Gasteiger partial charge in [0.25, 0.3) is 0 Å². The first-order chi connectivity index (χ1) is 64.9. The SMILES string of the molecule is CCc1ccc([C@@H]2C[C@H]3[C@@H](CN2S(=O)(=O)c2ccc(C)cc2)C(=O)C[C@@H](c2ccc(Cl)cc2)N3S(=O)(=O)c2ccc(C)cc2)cc1.CCc1ccc([C@@H]2C[C@H]3[C@@H](CN2S(=O)(=O)c2ccc(C)cc2)C(=O)C[C@@H](c2ccc(OC)cc2)N3S(=O)(=O)c2ccccc2)cc1.Cc1ccc(S(=O)(=O)N2C[C@H]3C(=O)C[C@@H](c4ccccc4)N(S(=O)(=O)c4ccc(C)cc4)[C@H]3C[C@H]2c2ccccc2F)cc1. The molecule has 136 heavy (non-hydrogen) atoms. The number of aryl methyl sites for hydroxylation is 7. The zero-order valence-corrected chi connectivity index (χ0v) is 82.1. The third kappa shape index (κ3) is 19.9. The fraction of sp³-hybridized carbons (Fsp3) is 0.292. The van der Waals surface area contributed by atoms with Crippen molar-refractivity contribution in [2.45, 2.75) is 184 Å². The molecule has 12 aromatic rings. The van der Waals surface area contributed by atoms with E-state index in [4.69, 9.17) is 16.3 Å². The molecule has 0 unspecified atom stereocenters. The van der Waals surface area contributed by atoms with Gasteiger partial charge in [-0.15, -0.1) is 0 Å². The highest BCUT2D eigenvalue weighted by molar-refractivity contribution is 7.90. The summed E-state index contributed by atoms with van der Waals surface area (Å²) in [5.41, 5.74) is 10.4. The first-order valence-electron chi connectivity index (χ1n) is 45.4. The van der Waals surface area contributed by atoms with Gasteiger partial charge in [-0.3, -0.25) is 14.4 Å². The average molecular weight is 1970 g/mol. The van der Waals surface area contributed by atoms with Crippen molar-refractivity contribution in [2.24, 2.45) is 17.8 Å². The summed E-state index contributed by atoms with van der Waals surface area (Å²) in [7, 11) is -23.1. The summed E-state index contributed by atoms with van der Waals surface area (Å²) in [6, 6.07) is 78.4. The molecule has 12 atom stereocenters. The molecule has 6 saturated heterocycles. The zero-order chi connectivity index (χ0) is 96.7. The molecule has 22 nitrogen and oxygen atoms in total. The Morgan fingerprint density at radius 2 is 0.559 bits per heavy atom. The van der Waals surface area contributed by atoms with Gasteiger partial charge in [-0.1, -0.05) is 253 Å². The minimum absolute atomic E-state index is 0.0254. The predicted molar refractivity (Wildman–Crippen MR) is 521 cm³/mol. The Hall–Kier alpha value is -10.9. The maximum atomic E-state index is 15.4. The number of carbonyl (C=O) groups is 3. The van der Waals surface area contributed by atoms with Crippen molar-refractivity contribution in [1.82, 2.24) is 25.8 Å². The normalized spacial score (nSPS) is 22.9. The van der Waals surface area contributed by atoms with Crippen molar-refractivity contribution in [2.75, 3.05) is 26.7 Å². The summed E-state index contributed by atoms with van der Waals surface area (Å²) in [6.07, 6.45) is 1.50. The number of halogens is 2. The Morgan fingerprint density at radius 3 is 0.875 bits per heavy atom. The van der Waals surface area contributed by atoms with Gasteiger partial charge in [-0.2, -0.15) is 25.8 Å². The number of ketones is 3. The maximum Gasteiger partial charge on any atom is 0.243 e. The second kappa shape index (κ2) is 40.3. The van der Waals surface area contributed by atoms with Crippen LogP contribution in [0.15, 0.2) is 333 Å². The minimum atomic E-state index is -4.20. The molecule has 12 aromatic carbocycles. The summed E-state index contributed by atoms with van der Waals surface area (Å²) in [5, 5.41) is 0.502. The number of Topliss-reactive ketones (excluding diaryl/α,β-unsaturated/α-hetero) is 3. The highest BCUT2D eigenvalue weighted by Crippen LogP contribution is 2.53. The first-order valence-corrected chi connectivity index (χ1v) is 54.4. The summed E-state index contributed by atoms with van der Waals surface area (Å²) >= 11 is 6.19. The molecule has 0 aromatic heterocycles. The predicted octanol–water partition coefficient (Wildman–Crippen LogP) is 19.1. The van der Waals surface area contributed by atoms with Gasteiger partial charge in [0.2, 0.25) is 60.1 Å². The fourth-order valence-corrected chi connectivity index (χ4v) is 30.6. The molecule has 6 aliphatic rings. The lowest BCUT2D eigenvalue weighted by atomic mass is 9.77. The molecule has 0 radical (unpaired) electrons. The maximum absolute atomic E-state index is 15.4. The molecule has 0 spiro atoms. The number of sulfonamides is 6. The lowest BCUT2D eigenvalue weighted by molar-refractivity contribution is -0.133. The Labute approximate surface area is 803 Å². The molecular formula is C106H108ClFN6O16S6. The molecule has 0 saturated carbocycles. The Morgan fingerprint density at radius 1 is 0.301 bits per heavy atom. The Balaban J connectivity index is 0.000000148. The number of carbonyl (C=O) groups excluding carboxylic acids is 3. The molecule has 30 heteroatoms. The lowest BCUT2D eigenvalue weighted by Crippen LogP contribution is -2.61. The van der Waals surface area contributed by atoms with E-state index in [0.29, 0.717) is 27.5 Å². The minimum Gasteiger partial charge on any atom is -0.497 e. The van der Waals surface area contributed by atoms with Crippen LogP contribution in [0.4, 0.5) is 4.39 Å². The second-order valence-corrected chi connectivity index (χ2v) is 47.5. The van der Waals surface area contributed by atoms with Crippen molar-refractivity contribution in [1.29, 1.82) is 0 Å². The number of hydrogen-bond donors (Lipinski definition) is 0. The van der Waals surface area contributed by atoms with E-state index in [1.54, 1.807) is 225 Å². The van der Waals surface area contributed by atoms with Gasteiger partial charge >= 0.3 is 0 Å². The molecule has 0 amide bonds. The molecule has 0 N–H and O–H groups in total. The summed E-state index contributed by atoms with van der Waals surface area (Å²) in [6.45, 7) is 12.9. The number of nitrogens with zero attached hydrogens (tertiary/aromatic N) is 6. The van der Waals surface area contributed by atoms with Gasteiger partial charge in [0.05, 0.1) is 72.7 Å². The van der Waals surface area contributed by atoms with Crippen molar-refractivity contribution in [3.05, 3.63) is 386 Å². The number of ether oxygens (including phenoxy) is 1. The van der Waals surface area contributed by atoms with Gasteiger partial charge in [-0.05, 0) is 209 Å². The van der Waals surface area contributed by atoms with Crippen molar-refractivity contribution < 1.29 is 74.0 Å². The quantitative estimate of drug-likeness (QED) is 0.0646. The van der Waals surface area contributed by atoms with Gasteiger partial charge < -0.3 is 4.74 Å². The number of benzene rings is 12. The van der Waals surface area contributed by atoms with Crippen LogP contribution in [0.1, 0.15) is 161 Å². The van der Waals surface area contributed by atoms with Gasteiger partial charge in [0.15, 0.2) is 0 Å². The summed E-state index contributed by atoms with van der Waals surface area (Å²) in [4.78, 5) is 42.6. The van der Waals surface area contributed by atoms with Crippen LogP contribution in [-0.2, 0) is 87.4 Å². The monoisotopic (exact) mass is 1970 g/mol. The zero-order valence-electron chi connectivity index (χ0n) is 76.5. The molecular weight excluding hydrogens is 1860 g/mol. The third-order valence-corrected chi connectivity index (χ3v) is 39.2. The highest BCUT2D eigenvalue weighted by atomic mass is 35.5. The molecule has 0 bridgehead atoms. The lowest BCUT2D eigenvalue weighted by Gasteiger charge is -2.51. The fourth-order valence-electron chi connectivity index (χ4n) is 20.0. The van der Waals surface area contributed by atoms with Crippen LogP contribution in [0, 0.1) is 58.2 Å². The highest BCUT2D eigenvalue weighted by Gasteiger charge is 2.59. The van der Waals surface area contributed by atoms with Crippen LogP contribution in [0.3, 0.4) is 0 Å². The van der Waals surface area contributed by atoms with E-state index < -0.39 is 138 Å². The van der Waals surface area contributed by atoms with Crippen LogP contribution in [0.25, 0.3) is 0 Å². The first kappa shape index (κ1) is 98.2. The third-order valence-electron chi connectivity index (χ3n) is 27.4.